The Kier molecular flexibility index (Phi) is 4.24. The Hall–Kier alpha value is -3.33. The molecule has 1 N–H and O–H groups in total. The largest absolute Gasteiger partial charge is 0.493 e. The van der Waals surface area contributed by atoms with Crippen LogP contribution in [0.3, 0.4) is 0 Å². The quantitative estimate of drug-likeness (QED) is 0.556. The van der Waals surface area contributed by atoms with E-state index in [2.05, 4.69) is 20.3 Å². The second kappa shape index (κ2) is 6.93. The van der Waals surface area contributed by atoms with Crippen LogP contribution in [0.4, 0.5) is 4.39 Å². The molecule has 1 aliphatic rings. The molecule has 4 heterocycles. The van der Waals surface area contributed by atoms with Crippen LogP contribution in [0.15, 0.2) is 30.9 Å². The van der Waals surface area contributed by atoms with E-state index in [0.29, 0.717) is 36.4 Å². The minimum Gasteiger partial charge on any atom is -0.493 e. The molecule has 8 nitrogen and oxygen atoms in total. The first kappa shape index (κ1) is 17.7. The molecule has 0 fully saturated rings. The molecule has 1 aliphatic heterocycles. The predicted molar refractivity (Wildman–Crippen MR) is 102 cm³/mol. The molecular formula is C20H19FN6O2. The molecule has 1 aromatic carbocycles. The lowest BCUT2D eigenvalue weighted by atomic mass is 10.00. The van der Waals surface area contributed by atoms with Gasteiger partial charge in [0.05, 0.1) is 25.1 Å². The average molecular weight is 394 g/mol. The van der Waals surface area contributed by atoms with Gasteiger partial charge in [-0.25, -0.2) is 9.37 Å². The summed E-state index contributed by atoms with van der Waals surface area (Å²) in [5, 5.41) is 22.1. The van der Waals surface area contributed by atoms with Crippen LogP contribution in [-0.4, -0.2) is 41.1 Å². The van der Waals surface area contributed by atoms with E-state index in [1.54, 1.807) is 40.9 Å². The van der Waals surface area contributed by atoms with Crippen LogP contribution in [0.1, 0.15) is 22.6 Å². The van der Waals surface area contributed by atoms with Crippen molar-refractivity contribution in [3.8, 4) is 16.9 Å². The average Bonchev–Trinajstić information content (AvgIpc) is 3.46. The number of aliphatic hydroxyl groups excluding tert-OH is 1. The summed E-state index contributed by atoms with van der Waals surface area (Å²) in [5.41, 5.74) is 4.43. The molecule has 0 unspecified atom stereocenters. The lowest BCUT2D eigenvalue weighted by molar-refractivity contribution is 0.271. The summed E-state index contributed by atoms with van der Waals surface area (Å²) < 4.78 is 23.4. The predicted octanol–water partition coefficient (Wildman–Crippen LogP) is 1.88. The van der Waals surface area contributed by atoms with E-state index in [1.165, 1.54) is 6.07 Å². The van der Waals surface area contributed by atoms with Crippen LogP contribution in [0, 0.1) is 5.82 Å². The molecule has 0 bridgehead atoms. The highest BCUT2D eigenvalue weighted by atomic mass is 19.1. The number of nitrogens with zero attached hydrogens (tertiary/aromatic N) is 6. The third-order valence-corrected chi connectivity index (χ3v) is 5.45. The third-order valence-electron chi connectivity index (χ3n) is 5.45. The summed E-state index contributed by atoms with van der Waals surface area (Å²) >= 11 is 0. The monoisotopic (exact) mass is 394 g/mol. The van der Waals surface area contributed by atoms with Crippen molar-refractivity contribution in [1.29, 1.82) is 0 Å². The van der Waals surface area contributed by atoms with E-state index in [1.807, 2.05) is 0 Å². The second-order valence-electron chi connectivity index (χ2n) is 7.00. The van der Waals surface area contributed by atoms with Gasteiger partial charge in [0.15, 0.2) is 5.65 Å². The first-order chi connectivity index (χ1) is 14.2. The number of aryl methyl sites for hydroxylation is 2. The van der Waals surface area contributed by atoms with Crippen molar-refractivity contribution in [3.05, 3.63) is 59.3 Å². The smallest absolute Gasteiger partial charge is 0.171 e. The minimum absolute atomic E-state index is 0.144. The molecule has 0 amide bonds. The Morgan fingerprint density at radius 3 is 2.97 bits per heavy atom. The molecule has 0 atom stereocenters. The Balaban J connectivity index is 1.51. The fourth-order valence-corrected chi connectivity index (χ4v) is 3.94. The molecule has 5 rings (SSSR count). The van der Waals surface area contributed by atoms with Crippen LogP contribution >= 0.6 is 0 Å². The van der Waals surface area contributed by atoms with E-state index in [9.17, 15) is 9.50 Å². The molecule has 9 heteroatoms. The first-order valence-electron chi connectivity index (χ1n) is 9.40. The summed E-state index contributed by atoms with van der Waals surface area (Å²) in [6.07, 6.45) is 6.76. The topological polar surface area (TPSA) is 90.4 Å². The second-order valence-corrected chi connectivity index (χ2v) is 7.00. The maximum Gasteiger partial charge on any atom is 0.171 e. The highest BCUT2D eigenvalue weighted by Gasteiger charge is 2.21. The number of aliphatic hydroxyl groups is 1. The molecule has 0 saturated carbocycles. The molecule has 0 saturated heterocycles. The van der Waals surface area contributed by atoms with Crippen molar-refractivity contribution in [2.75, 3.05) is 6.61 Å². The standard InChI is InChI=1S/C20H19FN6O2/c1-26-17(10-28)14(9-24-26)15-8-22-19(27-11-23-25-20(15)27)5-2-12-13-6-7-29-18(13)4-3-16(12)21/h3-4,8-9,11,28H,2,5-7,10H2,1H3. The van der Waals surface area contributed by atoms with Gasteiger partial charge in [-0.3, -0.25) is 9.08 Å². The number of ether oxygens (including phenoxy) is 1. The first-order valence-corrected chi connectivity index (χ1v) is 9.40. The maximum absolute atomic E-state index is 14.4. The van der Waals surface area contributed by atoms with Crippen molar-refractivity contribution in [2.45, 2.75) is 25.9 Å². The number of aromatic nitrogens is 6. The molecule has 29 heavy (non-hydrogen) atoms. The summed E-state index contributed by atoms with van der Waals surface area (Å²) in [6.45, 7) is 0.446. The summed E-state index contributed by atoms with van der Waals surface area (Å²) in [4.78, 5) is 4.59. The highest BCUT2D eigenvalue weighted by molar-refractivity contribution is 5.77. The number of hydrogen-bond donors (Lipinski definition) is 1. The normalized spacial score (nSPS) is 13.1. The molecule has 3 aromatic heterocycles. The van der Waals surface area contributed by atoms with Crippen molar-refractivity contribution < 1.29 is 14.2 Å². The lowest BCUT2D eigenvalue weighted by Gasteiger charge is -2.11. The van der Waals surface area contributed by atoms with Gasteiger partial charge in [-0.2, -0.15) is 5.10 Å². The lowest BCUT2D eigenvalue weighted by Crippen LogP contribution is -2.06. The van der Waals surface area contributed by atoms with Crippen molar-refractivity contribution >= 4 is 5.65 Å². The van der Waals surface area contributed by atoms with E-state index in [0.717, 1.165) is 34.7 Å². The summed E-state index contributed by atoms with van der Waals surface area (Å²) in [5.74, 6) is 1.29. The van der Waals surface area contributed by atoms with Gasteiger partial charge in [0.25, 0.3) is 0 Å². The number of rotatable bonds is 5. The Bertz CT molecular complexity index is 1220. The van der Waals surface area contributed by atoms with Gasteiger partial charge >= 0.3 is 0 Å². The SMILES string of the molecule is Cn1ncc(-c2cnc(CCc3c(F)ccc4c3CCO4)n3cnnc23)c1CO. The third kappa shape index (κ3) is 2.85. The van der Waals surface area contributed by atoms with Crippen molar-refractivity contribution in [1.82, 2.24) is 29.4 Å². The van der Waals surface area contributed by atoms with Crippen LogP contribution < -0.4 is 4.74 Å². The number of halogens is 1. The van der Waals surface area contributed by atoms with E-state index in [-0.39, 0.29) is 12.4 Å². The van der Waals surface area contributed by atoms with Crippen molar-refractivity contribution in [2.24, 2.45) is 7.05 Å². The van der Waals surface area contributed by atoms with Gasteiger partial charge in [-0.1, -0.05) is 0 Å². The van der Waals surface area contributed by atoms with Crippen molar-refractivity contribution in [3.63, 3.8) is 0 Å². The Morgan fingerprint density at radius 2 is 2.10 bits per heavy atom. The van der Waals surface area contributed by atoms with Gasteiger partial charge in [-0.15, -0.1) is 10.2 Å². The zero-order chi connectivity index (χ0) is 20.0. The molecule has 4 aromatic rings. The van der Waals surface area contributed by atoms with E-state index < -0.39 is 0 Å². The van der Waals surface area contributed by atoms with Gasteiger partial charge < -0.3 is 9.84 Å². The zero-order valence-electron chi connectivity index (χ0n) is 15.8. The van der Waals surface area contributed by atoms with Crippen LogP contribution in [0.25, 0.3) is 16.8 Å². The summed E-state index contributed by atoms with van der Waals surface area (Å²) in [6, 6.07) is 3.15. The zero-order valence-corrected chi connectivity index (χ0v) is 15.8. The Morgan fingerprint density at radius 1 is 1.21 bits per heavy atom. The fraction of sp³-hybridized carbons (Fsp3) is 0.300. The maximum atomic E-state index is 14.4. The Labute approximate surface area is 165 Å². The van der Waals surface area contributed by atoms with E-state index in [4.69, 9.17) is 4.74 Å². The molecule has 0 spiro atoms. The number of benzene rings is 1. The number of hydrogen-bond acceptors (Lipinski definition) is 6. The number of fused-ring (bicyclic) bond motifs is 2. The summed E-state index contributed by atoms with van der Waals surface area (Å²) in [7, 11) is 1.77. The molecule has 148 valence electrons. The van der Waals surface area contributed by atoms with Gasteiger partial charge in [-0.05, 0) is 24.1 Å². The molecular weight excluding hydrogens is 375 g/mol. The van der Waals surface area contributed by atoms with Gasteiger partial charge in [0.1, 0.15) is 23.7 Å². The fourth-order valence-electron chi connectivity index (χ4n) is 3.94. The van der Waals surface area contributed by atoms with Crippen LogP contribution in [-0.2, 0) is 32.9 Å². The van der Waals surface area contributed by atoms with Crippen LogP contribution in [0.2, 0.25) is 0 Å². The van der Waals surface area contributed by atoms with E-state index >= 15 is 0 Å². The molecule has 0 radical (unpaired) electrons. The van der Waals surface area contributed by atoms with Gasteiger partial charge in [0, 0.05) is 42.8 Å². The van der Waals surface area contributed by atoms with Crippen LogP contribution in [0.5, 0.6) is 5.75 Å². The minimum atomic E-state index is -0.214. The highest BCUT2D eigenvalue weighted by Crippen LogP contribution is 2.31. The molecule has 0 aliphatic carbocycles. The van der Waals surface area contributed by atoms with Gasteiger partial charge in [0.2, 0.25) is 0 Å².